The highest BCUT2D eigenvalue weighted by atomic mass is 32.2. The zero-order valence-electron chi connectivity index (χ0n) is 16.9. The second-order valence-electron chi connectivity index (χ2n) is 6.60. The van der Waals surface area contributed by atoms with Gasteiger partial charge in [0, 0.05) is 25.7 Å². The molecule has 0 atom stereocenters. The fourth-order valence-corrected chi connectivity index (χ4v) is 3.14. The standard InChI is InChI=1S/C19H22N4O6S/c1-13-5-10-17(11-18(13)23(25)26)30(27,28)21-20-14(2)15-6-8-16(9-7-15)29-12-19(24)22(3)4/h5-11,21H,12H2,1-4H3/b20-14+. The molecule has 0 bridgehead atoms. The molecule has 0 spiro atoms. The van der Waals surface area contributed by atoms with Gasteiger partial charge >= 0.3 is 0 Å². The zero-order chi connectivity index (χ0) is 22.5. The van der Waals surface area contributed by atoms with E-state index < -0.39 is 14.9 Å². The number of carbonyl (C=O) groups excluding carboxylic acids is 1. The van der Waals surface area contributed by atoms with Crippen LogP contribution in [0.5, 0.6) is 5.75 Å². The molecule has 0 heterocycles. The molecule has 1 amide bonds. The maximum absolute atomic E-state index is 12.4. The Morgan fingerprint density at radius 2 is 1.83 bits per heavy atom. The third kappa shape index (κ3) is 5.77. The number of benzene rings is 2. The van der Waals surface area contributed by atoms with Gasteiger partial charge in [0.15, 0.2) is 6.61 Å². The average molecular weight is 434 g/mol. The third-order valence-corrected chi connectivity index (χ3v) is 5.36. The molecule has 10 nitrogen and oxygen atoms in total. The van der Waals surface area contributed by atoms with Gasteiger partial charge in [-0.15, -0.1) is 0 Å². The van der Waals surface area contributed by atoms with E-state index in [0.717, 1.165) is 6.07 Å². The van der Waals surface area contributed by atoms with Gasteiger partial charge in [0.2, 0.25) is 0 Å². The molecule has 0 aromatic heterocycles. The van der Waals surface area contributed by atoms with Crippen LogP contribution in [-0.2, 0) is 14.8 Å². The number of nitro benzene ring substituents is 1. The first-order valence-electron chi connectivity index (χ1n) is 8.76. The van der Waals surface area contributed by atoms with Crippen molar-refractivity contribution in [3.63, 3.8) is 0 Å². The van der Waals surface area contributed by atoms with Gasteiger partial charge in [-0.2, -0.15) is 18.4 Å². The topological polar surface area (TPSA) is 131 Å². The van der Waals surface area contributed by atoms with Gasteiger partial charge in [0.05, 0.1) is 15.5 Å². The summed E-state index contributed by atoms with van der Waals surface area (Å²) in [6.07, 6.45) is 0. The fraction of sp³-hybridized carbons (Fsp3) is 0.263. The number of likely N-dealkylation sites (N-methyl/N-ethyl adjacent to an activating group) is 1. The summed E-state index contributed by atoms with van der Waals surface area (Å²) in [4.78, 5) is 25.2. The summed E-state index contributed by atoms with van der Waals surface area (Å²) in [5, 5.41) is 14.9. The van der Waals surface area contributed by atoms with E-state index in [9.17, 15) is 23.3 Å². The van der Waals surface area contributed by atoms with E-state index in [4.69, 9.17) is 4.74 Å². The Morgan fingerprint density at radius 3 is 2.40 bits per heavy atom. The van der Waals surface area contributed by atoms with Crippen molar-refractivity contribution in [1.29, 1.82) is 0 Å². The van der Waals surface area contributed by atoms with E-state index in [1.54, 1.807) is 45.3 Å². The number of hydrogen-bond donors (Lipinski definition) is 1. The quantitative estimate of drug-likeness (QED) is 0.384. The third-order valence-electron chi connectivity index (χ3n) is 4.15. The number of amides is 1. The average Bonchev–Trinajstić information content (AvgIpc) is 2.70. The van der Waals surface area contributed by atoms with Gasteiger partial charge in [-0.25, -0.2) is 0 Å². The smallest absolute Gasteiger partial charge is 0.276 e. The molecule has 0 saturated heterocycles. The lowest BCUT2D eigenvalue weighted by Crippen LogP contribution is -2.27. The molecule has 0 aliphatic carbocycles. The van der Waals surface area contributed by atoms with Crippen LogP contribution in [0.4, 0.5) is 5.69 Å². The lowest BCUT2D eigenvalue weighted by molar-refractivity contribution is -0.385. The molecule has 2 rings (SSSR count). The van der Waals surface area contributed by atoms with Gasteiger partial charge in [-0.3, -0.25) is 14.9 Å². The number of nitrogens with one attached hydrogen (secondary N) is 1. The van der Waals surface area contributed by atoms with Gasteiger partial charge in [0.1, 0.15) is 5.75 Å². The van der Waals surface area contributed by atoms with E-state index in [2.05, 4.69) is 9.93 Å². The number of aryl methyl sites for hydroxylation is 1. The lowest BCUT2D eigenvalue weighted by atomic mass is 10.1. The molecular formula is C19H22N4O6S. The van der Waals surface area contributed by atoms with Crippen molar-refractivity contribution in [1.82, 2.24) is 9.73 Å². The molecule has 0 saturated carbocycles. The minimum absolute atomic E-state index is 0.0953. The van der Waals surface area contributed by atoms with Crippen molar-refractivity contribution in [2.24, 2.45) is 5.10 Å². The minimum atomic E-state index is -4.08. The summed E-state index contributed by atoms with van der Waals surface area (Å²) < 4.78 is 30.2. The van der Waals surface area contributed by atoms with Crippen LogP contribution in [0.1, 0.15) is 18.1 Å². The van der Waals surface area contributed by atoms with Crippen molar-refractivity contribution < 1.29 is 22.9 Å². The molecule has 0 fully saturated rings. The van der Waals surface area contributed by atoms with E-state index in [-0.39, 0.29) is 23.1 Å². The zero-order valence-corrected chi connectivity index (χ0v) is 17.8. The van der Waals surface area contributed by atoms with Crippen molar-refractivity contribution in [2.45, 2.75) is 18.7 Å². The molecule has 0 unspecified atom stereocenters. The summed E-state index contributed by atoms with van der Waals surface area (Å²) >= 11 is 0. The molecular weight excluding hydrogens is 412 g/mol. The summed E-state index contributed by atoms with van der Waals surface area (Å²) in [6.45, 7) is 3.03. The number of nitrogens with zero attached hydrogens (tertiary/aromatic N) is 3. The Kier molecular flexibility index (Phi) is 7.11. The SMILES string of the molecule is C/C(=N\NS(=O)(=O)c1ccc(C)c([N+](=O)[O-])c1)c1ccc(OCC(=O)N(C)C)cc1. The second-order valence-corrected chi connectivity index (χ2v) is 8.26. The van der Waals surface area contributed by atoms with Crippen LogP contribution in [0.15, 0.2) is 52.5 Å². The monoisotopic (exact) mass is 434 g/mol. The van der Waals surface area contributed by atoms with Crippen LogP contribution < -0.4 is 9.57 Å². The molecule has 1 N–H and O–H groups in total. The number of sulfonamides is 1. The predicted molar refractivity (Wildman–Crippen MR) is 111 cm³/mol. The highest BCUT2D eigenvalue weighted by Gasteiger charge is 2.19. The summed E-state index contributed by atoms with van der Waals surface area (Å²) in [7, 11) is -0.820. The molecule has 2 aromatic rings. The van der Waals surface area contributed by atoms with Crippen LogP contribution in [0.3, 0.4) is 0 Å². The van der Waals surface area contributed by atoms with Crippen molar-refractivity contribution in [3.05, 3.63) is 63.7 Å². The number of ether oxygens (including phenoxy) is 1. The van der Waals surface area contributed by atoms with Crippen LogP contribution in [0.2, 0.25) is 0 Å². The number of rotatable bonds is 8. The summed E-state index contributed by atoms with van der Waals surface area (Å²) in [5.74, 6) is 0.303. The van der Waals surface area contributed by atoms with Crippen LogP contribution in [0, 0.1) is 17.0 Å². The number of carbonyl (C=O) groups is 1. The van der Waals surface area contributed by atoms with Gasteiger partial charge in [-0.1, -0.05) is 6.07 Å². The number of hydrogen-bond acceptors (Lipinski definition) is 7. The minimum Gasteiger partial charge on any atom is -0.484 e. The maximum atomic E-state index is 12.4. The highest BCUT2D eigenvalue weighted by molar-refractivity contribution is 7.89. The Morgan fingerprint density at radius 1 is 1.20 bits per heavy atom. The van der Waals surface area contributed by atoms with E-state index in [1.165, 1.54) is 24.0 Å². The lowest BCUT2D eigenvalue weighted by Gasteiger charge is -2.11. The van der Waals surface area contributed by atoms with Crippen molar-refractivity contribution >= 4 is 27.3 Å². The Balaban J connectivity index is 2.11. The Hall–Kier alpha value is -3.47. The molecule has 0 radical (unpaired) electrons. The van der Waals surface area contributed by atoms with Crippen molar-refractivity contribution in [3.8, 4) is 5.75 Å². The Labute approximate surface area is 174 Å². The molecule has 0 aliphatic heterocycles. The highest BCUT2D eigenvalue weighted by Crippen LogP contribution is 2.22. The molecule has 30 heavy (non-hydrogen) atoms. The van der Waals surface area contributed by atoms with Crippen LogP contribution in [0.25, 0.3) is 0 Å². The molecule has 160 valence electrons. The first-order chi connectivity index (χ1) is 14.0. The first kappa shape index (κ1) is 22.8. The first-order valence-corrected chi connectivity index (χ1v) is 10.2. The predicted octanol–water partition coefficient (Wildman–Crippen LogP) is 2.07. The van der Waals surface area contributed by atoms with E-state index in [0.29, 0.717) is 22.6 Å². The van der Waals surface area contributed by atoms with E-state index in [1.807, 2.05) is 0 Å². The summed E-state index contributed by atoms with van der Waals surface area (Å²) in [5.41, 5.74) is 1.06. The van der Waals surface area contributed by atoms with Gasteiger partial charge < -0.3 is 9.64 Å². The molecule has 2 aromatic carbocycles. The van der Waals surface area contributed by atoms with Crippen LogP contribution in [-0.4, -0.2) is 50.6 Å². The summed E-state index contributed by atoms with van der Waals surface area (Å²) in [6, 6.07) is 10.2. The van der Waals surface area contributed by atoms with Gasteiger partial charge in [0.25, 0.3) is 21.6 Å². The van der Waals surface area contributed by atoms with Crippen LogP contribution >= 0.6 is 0 Å². The Bertz CT molecular complexity index is 1080. The largest absolute Gasteiger partial charge is 0.484 e. The number of hydrazone groups is 1. The van der Waals surface area contributed by atoms with Gasteiger partial charge in [-0.05, 0) is 49.7 Å². The maximum Gasteiger partial charge on any atom is 0.276 e. The second kappa shape index (κ2) is 9.35. The molecule has 0 aliphatic rings. The normalized spacial score (nSPS) is 11.7. The fourth-order valence-electron chi connectivity index (χ4n) is 2.27. The van der Waals surface area contributed by atoms with Crippen molar-refractivity contribution in [2.75, 3.05) is 20.7 Å². The van der Waals surface area contributed by atoms with E-state index >= 15 is 0 Å². The number of nitro groups is 1. The molecule has 11 heteroatoms.